The summed E-state index contributed by atoms with van der Waals surface area (Å²) in [6.45, 7) is -0.315. The second-order valence-corrected chi connectivity index (χ2v) is 4.16. The van der Waals surface area contributed by atoms with E-state index in [-0.39, 0.29) is 12.1 Å². The Hall–Kier alpha value is -1.63. The van der Waals surface area contributed by atoms with E-state index in [0.29, 0.717) is 0 Å². The molecule has 1 rings (SSSR count). The Morgan fingerprint density at radius 3 is 2.42 bits per heavy atom. The number of carboxylic acids is 1. The van der Waals surface area contributed by atoms with Gasteiger partial charge < -0.3 is 5.11 Å². The van der Waals surface area contributed by atoms with Crippen LogP contribution in [0.2, 0.25) is 0 Å². The first kappa shape index (κ1) is 15.4. The quantitative estimate of drug-likeness (QED) is 0.842. The van der Waals surface area contributed by atoms with Gasteiger partial charge in [-0.25, -0.2) is 4.39 Å². The molecule has 1 aromatic rings. The maximum Gasteiger partial charge on any atom is 0.404 e. The topological polar surface area (TPSA) is 40.5 Å². The highest BCUT2D eigenvalue weighted by molar-refractivity contribution is 5.67. The van der Waals surface area contributed by atoms with Crippen molar-refractivity contribution in [3.8, 4) is 0 Å². The largest absolute Gasteiger partial charge is 0.481 e. The van der Waals surface area contributed by atoms with E-state index in [0.717, 1.165) is 18.0 Å². The molecule has 0 amide bonds. The normalized spacial score (nSPS) is 13.6. The summed E-state index contributed by atoms with van der Waals surface area (Å²) in [4.78, 5) is 11.3. The van der Waals surface area contributed by atoms with Crippen molar-refractivity contribution >= 4 is 5.97 Å². The van der Waals surface area contributed by atoms with Gasteiger partial charge in [0.25, 0.3) is 0 Å². The molecular weight excluding hydrogens is 266 g/mol. The van der Waals surface area contributed by atoms with Crippen LogP contribution in [0.3, 0.4) is 0 Å². The molecule has 0 radical (unpaired) electrons. The van der Waals surface area contributed by atoms with Crippen LogP contribution in [-0.4, -0.2) is 35.2 Å². The van der Waals surface area contributed by atoms with Gasteiger partial charge in [-0.2, -0.15) is 13.2 Å². The standard InChI is InChI=1S/C12H13F4NO2/c1-17(7-8-4-2-3-5-9(8)13)10(6-11(18)19)12(14,15)16/h2-5,10H,6-7H2,1H3,(H,18,19). The minimum atomic E-state index is -4.68. The summed E-state index contributed by atoms with van der Waals surface area (Å²) in [5.74, 6) is -2.17. The van der Waals surface area contributed by atoms with Crippen LogP contribution >= 0.6 is 0 Å². The molecule has 0 saturated carbocycles. The van der Waals surface area contributed by atoms with Crippen molar-refractivity contribution in [1.29, 1.82) is 0 Å². The molecule has 0 saturated heterocycles. The maximum absolute atomic E-state index is 13.3. The number of halogens is 4. The summed E-state index contributed by atoms with van der Waals surface area (Å²) in [5.41, 5.74) is 0.0876. The average molecular weight is 279 g/mol. The number of carbonyl (C=O) groups is 1. The molecule has 7 heteroatoms. The van der Waals surface area contributed by atoms with Crippen molar-refractivity contribution < 1.29 is 27.5 Å². The van der Waals surface area contributed by atoms with E-state index in [1.807, 2.05) is 0 Å². The van der Waals surface area contributed by atoms with Gasteiger partial charge in [0, 0.05) is 12.1 Å². The van der Waals surface area contributed by atoms with Gasteiger partial charge in [0.2, 0.25) is 0 Å². The number of aliphatic carboxylic acids is 1. The van der Waals surface area contributed by atoms with Crippen LogP contribution in [0.1, 0.15) is 12.0 Å². The van der Waals surface area contributed by atoms with Gasteiger partial charge in [-0.15, -0.1) is 0 Å². The van der Waals surface area contributed by atoms with Gasteiger partial charge in [-0.3, -0.25) is 9.69 Å². The third-order valence-corrected chi connectivity index (χ3v) is 2.66. The summed E-state index contributed by atoms with van der Waals surface area (Å²) in [6.07, 6.45) is -5.76. The second-order valence-electron chi connectivity index (χ2n) is 4.16. The van der Waals surface area contributed by atoms with Gasteiger partial charge in [0.15, 0.2) is 0 Å². The number of rotatable bonds is 5. The molecule has 0 aliphatic carbocycles. The van der Waals surface area contributed by atoms with Crippen molar-refractivity contribution in [3.63, 3.8) is 0 Å². The fourth-order valence-corrected chi connectivity index (χ4v) is 1.69. The van der Waals surface area contributed by atoms with Crippen LogP contribution in [0.5, 0.6) is 0 Å². The lowest BCUT2D eigenvalue weighted by Crippen LogP contribution is -2.44. The van der Waals surface area contributed by atoms with E-state index in [1.165, 1.54) is 18.2 Å². The van der Waals surface area contributed by atoms with E-state index in [2.05, 4.69) is 0 Å². The summed E-state index contributed by atoms with van der Waals surface area (Å²) in [5, 5.41) is 8.52. The summed E-state index contributed by atoms with van der Waals surface area (Å²) in [7, 11) is 1.12. The zero-order valence-corrected chi connectivity index (χ0v) is 10.1. The van der Waals surface area contributed by atoms with Crippen LogP contribution in [0, 0.1) is 5.82 Å². The van der Waals surface area contributed by atoms with Crippen molar-refractivity contribution in [2.45, 2.75) is 25.2 Å². The molecule has 1 N–H and O–H groups in total. The number of alkyl halides is 3. The van der Waals surface area contributed by atoms with E-state index in [1.54, 1.807) is 0 Å². The van der Waals surface area contributed by atoms with Crippen LogP contribution in [-0.2, 0) is 11.3 Å². The van der Waals surface area contributed by atoms with Gasteiger partial charge in [0.1, 0.15) is 11.9 Å². The van der Waals surface area contributed by atoms with E-state index in [4.69, 9.17) is 5.11 Å². The SMILES string of the molecule is CN(Cc1ccccc1F)C(CC(=O)O)C(F)(F)F. The third-order valence-electron chi connectivity index (χ3n) is 2.66. The predicted octanol–water partition coefficient (Wildman–Crippen LogP) is 2.66. The molecule has 1 atom stereocenters. The highest BCUT2D eigenvalue weighted by atomic mass is 19.4. The zero-order chi connectivity index (χ0) is 14.6. The lowest BCUT2D eigenvalue weighted by Gasteiger charge is -2.28. The molecule has 0 aliphatic rings. The summed E-state index contributed by atoms with van der Waals surface area (Å²) in [6, 6.07) is 3.29. The molecule has 3 nitrogen and oxygen atoms in total. The van der Waals surface area contributed by atoms with E-state index in [9.17, 15) is 22.4 Å². The fourth-order valence-electron chi connectivity index (χ4n) is 1.69. The first-order valence-corrected chi connectivity index (χ1v) is 5.44. The molecule has 0 aliphatic heterocycles. The number of hydrogen-bond donors (Lipinski definition) is 1. The molecule has 1 aromatic carbocycles. The van der Waals surface area contributed by atoms with Crippen molar-refractivity contribution in [2.75, 3.05) is 7.05 Å². The van der Waals surface area contributed by atoms with Crippen LogP contribution < -0.4 is 0 Å². The van der Waals surface area contributed by atoms with Crippen LogP contribution in [0.25, 0.3) is 0 Å². The van der Waals surface area contributed by atoms with Crippen LogP contribution in [0.4, 0.5) is 17.6 Å². The lowest BCUT2D eigenvalue weighted by molar-refractivity contribution is -0.188. The first-order chi connectivity index (χ1) is 8.71. The van der Waals surface area contributed by atoms with E-state index < -0.39 is 30.4 Å². The Kier molecular flexibility index (Phi) is 4.88. The highest BCUT2D eigenvalue weighted by Gasteiger charge is 2.43. The minimum absolute atomic E-state index is 0.0876. The Morgan fingerprint density at radius 1 is 1.37 bits per heavy atom. The van der Waals surface area contributed by atoms with Gasteiger partial charge in [-0.1, -0.05) is 18.2 Å². The second kappa shape index (κ2) is 6.01. The number of carboxylic acid groups (broad SMARTS) is 1. The molecule has 0 spiro atoms. The molecule has 0 fully saturated rings. The van der Waals surface area contributed by atoms with Crippen molar-refractivity contribution in [1.82, 2.24) is 4.90 Å². The Labute approximate surface area is 107 Å². The number of benzene rings is 1. The summed E-state index contributed by atoms with van der Waals surface area (Å²) < 4.78 is 51.6. The molecule has 0 heterocycles. The van der Waals surface area contributed by atoms with Gasteiger partial charge in [-0.05, 0) is 13.1 Å². The van der Waals surface area contributed by atoms with Gasteiger partial charge >= 0.3 is 12.1 Å². The average Bonchev–Trinajstić information content (AvgIpc) is 2.27. The monoisotopic (exact) mass is 279 g/mol. The molecule has 19 heavy (non-hydrogen) atoms. The predicted molar refractivity (Wildman–Crippen MR) is 60.0 cm³/mol. The molecule has 1 unspecified atom stereocenters. The highest BCUT2D eigenvalue weighted by Crippen LogP contribution is 2.27. The Morgan fingerprint density at radius 2 is 1.95 bits per heavy atom. The third kappa shape index (κ3) is 4.51. The maximum atomic E-state index is 13.3. The lowest BCUT2D eigenvalue weighted by atomic mass is 10.1. The zero-order valence-electron chi connectivity index (χ0n) is 10.1. The minimum Gasteiger partial charge on any atom is -0.481 e. The Balaban J connectivity index is 2.86. The molecular formula is C12H13F4NO2. The number of hydrogen-bond acceptors (Lipinski definition) is 2. The van der Waals surface area contributed by atoms with Gasteiger partial charge in [0.05, 0.1) is 6.42 Å². The van der Waals surface area contributed by atoms with Crippen LogP contribution in [0.15, 0.2) is 24.3 Å². The number of nitrogens with zero attached hydrogens (tertiary/aromatic N) is 1. The molecule has 0 aromatic heterocycles. The molecule has 0 bridgehead atoms. The van der Waals surface area contributed by atoms with Crippen molar-refractivity contribution in [3.05, 3.63) is 35.6 Å². The van der Waals surface area contributed by atoms with E-state index >= 15 is 0 Å². The first-order valence-electron chi connectivity index (χ1n) is 5.44. The Bertz CT molecular complexity index is 448. The molecule has 106 valence electrons. The van der Waals surface area contributed by atoms with Crippen molar-refractivity contribution in [2.24, 2.45) is 0 Å². The fraction of sp³-hybridized carbons (Fsp3) is 0.417. The summed E-state index contributed by atoms with van der Waals surface area (Å²) >= 11 is 0. The smallest absolute Gasteiger partial charge is 0.404 e.